The molecule has 98 valence electrons. The van der Waals surface area contributed by atoms with Crippen LogP contribution in [0.4, 0.5) is 0 Å². The molecule has 4 nitrogen and oxygen atoms in total. The molecule has 3 aromatic rings. The summed E-state index contributed by atoms with van der Waals surface area (Å²) >= 11 is 2.10. The van der Waals surface area contributed by atoms with Gasteiger partial charge in [0.25, 0.3) is 0 Å². The highest BCUT2D eigenvalue weighted by Crippen LogP contribution is 2.17. The van der Waals surface area contributed by atoms with E-state index in [1.165, 1.54) is 0 Å². The summed E-state index contributed by atoms with van der Waals surface area (Å²) < 4.78 is 8.22. The van der Waals surface area contributed by atoms with E-state index in [2.05, 4.69) is 33.6 Å². The number of imidazole rings is 1. The van der Waals surface area contributed by atoms with Crippen LogP contribution in [0, 0.1) is 15.1 Å². The fourth-order valence-corrected chi connectivity index (χ4v) is 2.44. The highest BCUT2D eigenvalue weighted by atomic mass is 127. The maximum Gasteiger partial charge on any atom is 0.164 e. The largest absolute Gasteiger partial charge is 0.451 e. The molecule has 0 fully saturated rings. The molecule has 0 bridgehead atoms. The fraction of sp³-hybridized carbons (Fsp3) is 0.0667. The Labute approximate surface area is 129 Å². The monoisotopic (exact) mass is 375 g/mol. The summed E-state index contributed by atoms with van der Waals surface area (Å²) in [5, 5.41) is 9.27. The van der Waals surface area contributed by atoms with Crippen molar-refractivity contribution in [1.29, 1.82) is 5.26 Å². The van der Waals surface area contributed by atoms with Crippen LogP contribution in [0.2, 0.25) is 0 Å². The first-order chi connectivity index (χ1) is 9.76. The predicted molar refractivity (Wildman–Crippen MR) is 84.7 cm³/mol. The molecule has 0 aliphatic heterocycles. The Bertz CT molecular complexity index is 823. The lowest BCUT2D eigenvalue weighted by molar-refractivity contribution is 0.528. The van der Waals surface area contributed by atoms with Crippen molar-refractivity contribution in [3.8, 4) is 6.07 Å². The van der Waals surface area contributed by atoms with E-state index < -0.39 is 0 Å². The lowest BCUT2D eigenvalue weighted by Crippen LogP contribution is -1.98. The molecule has 0 amide bonds. The van der Waals surface area contributed by atoms with Crippen LogP contribution in [0.5, 0.6) is 0 Å². The normalized spacial score (nSPS) is 11.7. The number of benzene rings is 1. The van der Waals surface area contributed by atoms with Crippen molar-refractivity contribution in [3.63, 3.8) is 0 Å². The molecule has 0 N–H and O–H groups in total. The first-order valence-corrected chi connectivity index (χ1v) is 7.10. The van der Waals surface area contributed by atoms with Gasteiger partial charge in [-0.15, -0.1) is 0 Å². The SMILES string of the molecule is N#C/C(=C/c1ccc(I)o1)Cn1cnc2ccccc21. The summed E-state index contributed by atoms with van der Waals surface area (Å²) in [7, 11) is 0. The number of hydrogen-bond acceptors (Lipinski definition) is 3. The number of fused-ring (bicyclic) bond motifs is 1. The second-order valence-electron chi connectivity index (χ2n) is 4.28. The fourth-order valence-electron chi connectivity index (χ4n) is 2.01. The van der Waals surface area contributed by atoms with E-state index in [9.17, 15) is 5.26 Å². The van der Waals surface area contributed by atoms with Crippen LogP contribution in [-0.2, 0) is 6.54 Å². The summed E-state index contributed by atoms with van der Waals surface area (Å²) in [6, 6.07) is 13.8. The number of allylic oxidation sites excluding steroid dienone is 1. The van der Waals surface area contributed by atoms with Gasteiger partial charge < -0.3 is 8.98 Å². The number of aromatic nitrogens is 2. The standard InChI is InChI=1S/C15H10IN3O/c16-15-6-5-12(20-15)7-11(8-17)9-19-10-18-13-3-1-2-4-14(13)19/h1-7,10H,9H2/b11-7-. The topological polar surface area (TPSA) is 54.8 Å². The van der Waals surface area contributed by atoms with Gasteiger partial charge in [0.05, 0.1) is 35.5 Å². The van der Waals surface area contributed by atoms with Crippen molar-refractivity contribution in [3.05, 3.63) is 57.8 Å². The molecule has 5 heteroatoms. The van der Waals surface area contributed by atoms with Gasteiger partial charge in [-0.2, -0.15) is 5.26 Å². The van der Waals surface area contributed by atoms with Gasteiger partial charge in [0.15, 0.2) is 3.77 Å². The molecule has 0 spiro atoms. The highest BCUT2D eigenvalue weighted by Gasteiger charge is 2.05. The molecule has 0 aliphatic carbocycles. The lowest BCUT2D eigenvalue weighted by atomic mass is 10.2. The third kappa shape index (κ3) is 2.60. The maximum absolute atomic E-state index is 9.27. The maximum atomic E-state index is 9.27. The second-order valence-corrected chi connectivity index (χ2v) is 5.35. The average molecular weight is 375 g/mol. The number of nitrogens with zero attached hydrogens (tertiary/aromatic N) is 3. The van der Waals surface area contributed by atoms with E-state index >= 15 is 0 Å². The third-order valence-corrected chi connectivity index (χ3v) is 3.50. The molecular formula is C15H10IN3O. The zero-order valence-electron chi connectivity index (χ0n) is 10.5. The molecule has 1 aromatic carbocycles. The Kier molecular flexibility index (Phi) is 3.56. The number of furan rings is 1. The number of hydrogen-bond donors (Lipinski definition) is 0. The predicted octanol–water partition coefficient (Wildman–Crippen LogP) is 3.84. The molecule has 0 aliphatic rings. The van der Waals surface area contributed by atoms with Gasteiger partial charge >= 0.3 is 0 Å². The molecule has 0 unspecified atom stereocenters. The second kappa shape index (κ2) is 5.51. The Morgan fingerprint density at radius 2 is 2.20 bits per heavy atom. The van der Waals surface area contributed by atoms with E-state index in [0.717, 1.165) is 14.8 Å². The van der Waals surface area contributed by atoms with Gasteiger partial charge in [0, 0.05) is 0 Å². The molecule has 3 rings (SSSR count). The molecular weight excluding hydrogens is 365 g/mol. The van der Waals surface area contributed by atoms with Crippen LogP contribution in [0.1, 0.15) is 5.76 Å². The molecule has 0 atom stereocenters. The molecule has 20 heavy (non-hydrogen) atoms. The summed E-state index contributed by atoms with van der Waals surface area (Å²) in [6.07, 6.45) is 3.51. The van der Waals surface area contributed by atoms with Gasteiger partial charge in [0.1, 0.15) is 5.76 Å². The van der Waals surface area contributed by atoms with Crippen molar-refractivity contribution in [1.82, 2.24) is 9.55 Å². The van der Waals surface area contributed by atoms with Crippen LogP contribution >= 0.6 is 22.6 Å². The van der Waals surface area contributed by atoms with E-state index in [0.29, 0.717) is 17.9 Å². The van der Waals surface area contributed by atoms with Crippen LogP contribution in [-0.4, -0.2) is 9.55 Å². The van der Waals surface area contributed by atoms with Crippen molar-refractivity contribution in [2.45, 2.75) is 6.54 Å². The van der Waals surface area contributed by atoms with Gasteiger partial charge in [-0.1, -0.05) is 12.1 Å². The first-order valence-electron chi connectivity index (χ1n) is 6.02. The Morgan fingerprint density at radius 3 is 2.95 bits per heavy atom. The minimum atomic E-state index is 0.480. The van der Waals surface area contributed by atoms with Gasteiger partial charge in [-0.3, -0.25) is 0 Å². The van der Waals surface area contributed by atoms with Gasteiger partial charge in [-0.05, 0) is 52.9 Å². The zero-order valence-corrected chi connectivity index (χ0v) is 12.6. The van der Waals surface area contributed by atoms with Crippen LogP contribution in [0.25, 0.3) is 17.1 Å². The number of nitriles is 1. The summed E-state index contributed by atoms with van der Waals surface area (Å²) in [4.78, 5) is 4.32. The molecule has 0 saturated carbocycles. The molecule has 0 radical (unpaired) electrons. The number of rotatable bonds is 3. The highest BCUT2D eigenvalue weighted by molar-refractivity contribution is 14.1. The third-order valence-electron chi connectivity index (χ3n) is 2.92. The van der Waals surface area contributed by atoms with Gasteiger partial charge in [0.2, 0.25) is 0 Å². The van der Waals surface area contributed by atoms with Crippen molar-refractivity contribution in [2.24, 2.45) is 0 Å². The van der Waals surface area contributed by atoms with E-state index in [1.54, 1.807) is 12.4 Å². The Balaban J connectivity index is 1.92. The van der Waals surface area contributed by atoms with E-state index in [-0.39, 0.29) is 0 Å². The molecule has 0 saturated heterocycles. The van der Waals surface area contributed by atoms with Crippen LogP contribution in [0.3, 0.4) is 0 Å². The van der Waals surface area contributed by atoms with Gasteiger partial charge in [-0.25, -0.2) is 4.98 Å². The minimum Gasteiger partial charge on any atom is -0.451 e. The van der Waals surface area contributed by atoms with Crippen molar-refractivity contribution in [2.75, 3.05) is 0 Å². The van der Waals surface area contributed by atoms with Crippen LogP contribution in [0.15, 0.2) is 52.7 Å². The van der Waals surface area contributed by atoms with Crippen molar-refractivity contribution < 1.29 is 4.42 Å². The van der Waals surface area contributed by atoms with Crippen LogP contribution < -0.4 is 0 Å². The quantitative estimate of drug-likeness (QED) is 0.516. The van der Waals surface area contributed by atoms with E-state index in [1.807, 2.05) is 41.0 Å². The smallest absolute Gasteiger partial charge is 0.164 e. The average Bonchev–Trinajstić information content (AvgIpc) is 3.05. The minimum absolute atomic E-state index is 0.480. The number of para-hydroxylation sites is 2. The summed E-state index contributed by atoms with van der Waals surface area (Å²) in [6.45, 7) is 0.480. The Hall–Kier alpha value is -2.07. The summed E-state index contributed by atoms with van der Waals surface area (Å²) in [5.41, 5.74) is 2.57. The van der Waals surface area contributed by atoms with Crippen molar-refractivity contribution >= 4 is 39.7 Å². The number of halogens is 1. The van der Waals surface area contributed by atoms with E-state index in [4.69, 9.17) is 4.42 Å². The molecule has 2 heterocycles. The first kappa shape index (κ1) is 12.9. The zero-order chi connectivity index (χ0) is 13.9. The Morgan fingerprint density at radius 1 is 1.35 bits per heavy atom. The summed E-state index contributed by atoms with van der Waals surface area (Å²) in [5.74, 6) is 0.690. The lowest BCUT2D eigenvalue weighted by Gasteiger charge is -2.02. The molecule has 2 aromatic heterocycles.